The summed E-state index contributed by atoms with van der Waals surface area (Å²) in [6.07, 6.45) is 3.24. The summed E-state index contributed by atoms with van der Waals surface area (Å²) in [6, 6.07) is 13.5. The topological polar surface area (TPSA) is 108 Å². The number of benzene rings is 2. The number of aromatic nitrogens is 2. The summed E-state index contributed by atoms with van der Waals surface area (Å²) in [5.41, 5.74) is 5.31. The zero-order valence-corrected chi connectivity index (χ0v) is 22.9. The van der Waals surface area contributed by atoms with Crippen molar-refractivity contribution in [2.75, 3.05) is 19.4 Å². The monoisotopic (exact) mass is 632 g/mol. The average molecular weight is 635 g/mol. The Labute approximate surface area is 228 Å². The number of nitrogens with one attached hydrogen (secondary N) is 3. The fourth-order valence-electron chi connectivity index (χ4n) is 3.41. The van der Waals surface area contributed by atoms with Gasteiger partial charge in [0.1, 0.15) is 5.69 Å². The van der Waals surface area contributed by atoms with Crippen LogP contribution in [0.25, 0.3) is 16.6 Å². The van der Waals surface area contributed by atoms with Crippen molar-refractivity contribution in [3.05, 3.63) is 86.2 Å². The second kappa shape index (κ2) is 10.7. The van der Waals surface area contributed by atoms with Crippen molar-refractivity contribution in [2.45, 2.75) is 0 Å². The number of carbonyl (C=O) groups is 3. The maximum absolute atomic E-state index is 13.5. The Hall–Kier alpha value is -3.41. The summed E-state index contributed by atoms with van der Waals surface area (Å²) in [6.45, 7) is 0. The molecule has 2 aromatic heterocycles. The highest BCUT2D eigenvalue weighted by atomic mass is 79.9. The maximum Gasteiger partial charge on any atom is 0.335 e. The molecule has 0 aliphatic rings. The number of fused-ring (bicyclic) bond motifs is 1. The molecule has 9 nitrogen and oxygen atoms in total. The molecule has 0 saturated carbocycles. The second-order valence-electron chi connectivity index (χ2n) is 7.79. The van der Waals surface area contributed by atoms with Crippen LogP contribution in [0, 0.1) is 0 Å². The zero-order valence-electron chi connectivity index (χ0n) is 19.0. The molecule has 0 radical (unpaired) electrons. The molecule has 184 valence electrons. The second-order valence-corrected chi connectivity index (χ2v) is 9.91. The minimum Gasteiger partial charge on any atom is -0.330 e. The molecule has 2 heterocycles. The third-order valence-electron chi connectivity index (χ3n) is 5.14. The molecule has 3 N–H and O–H groups in total. The van der Waals surface area contributed by atoms with Gasteiger partial charge in [-0.05, 0) is 66.9 Å². The van der Waals surface area contributed by atoms with Crippen molar-refractivity contribution in [3.8, 4) is 5.82 Å². The van der Waals surface area contributed by atoms with E-state index < -0.39 is 17.8 Å². The van der Waals surface area contributed by atoms with Gasteiger partial charge >= 0.3 is 6.03 Å². The van der Waals surface area contributed by atoms with Gasteiger partial charge in [-0.2, -0.15) is 0 Å². The lowest BCUT2D eigenvalue weighted by Gasteiger charge is -2.17. The van der Waals surface area contributed by atoms with Gasteiger partial charge in [-0.25, -0.2) is 15.2 Å². The molecule has 0 aliphatic carbocycles. The van der Waals surface area contributed by atoms with Crippen LogP contribution in [-0.2, 0) is 0 Å². The number of pyridine rings is 1. The van der Waals surface area contributed by atoms with Gasteiger partial charge in [0.25, 0.3) is 11.8 Å². The van der Waals surface area contributed by atoms with Crippen LogP contribution < -0.4 is 16.2 Å². The van der Waals surface area contributed by atoms with E-state index in [4.69, 9.17) is 11.6 Å². The van der Waals surface area contributed by atoms with Crippen LogP contribution in [0.5, 0.6) is 0 Å². The van der Waals surface area contributed by atoms with E-state index in [1.807, 2.05) is 24.3 Å². The van der Waals surface area contributed by atoms with E-state index in [2.05, 4.69) is 53.0 Å². The predicted molar refractivity (Wildman–Crippen MR) is 146 cm³/mol. The van der Waals surface area contributed by atoms with Crippen LogP contribution >= 0.6 is 43.5 Å². The SMILES string of the molecule is CN(C)C(=O)NNC(=O)c1cc2ccccc2c(Br)c1NC(=O)c1cc(Br)cn1-c1ncccc1Cl. The van der Waals surface area contributed by atoms with Gasteiger partial charge in [-0.15, -0.1) is 0 Å². The molecule has 4 aromatic rings. The molecule has 0 saturated heterocycles. The molecule has 0 spiro atoms. The van der Waals surface area contributed by atoms with Crippen LogP contribution in [0.2, 0.25) is 5.02 Å². The van der Waals surface area contributed by atoms with Gasteiger partial charge < -0.3 is 10.2 Å². The number of rotatable bonds is 4. The zero-order chi connectivity index (χ0) is 26.0. The third kappa shape index (κ3) is 5.23. The number of nitrogens with zero attached hydrogens (tertiary/aromatic N) is 3. The van der Waals surface area contributed by atoms with E-state index in [1.165, 1.54) is 4.90 Å². The third-order valence-corrected chi connectivity index (χ3v) is 6.70. The van der Waals surface area contributed by atoms with Crippen LogP contribution in [0.1, 0.15) is 20.8 Å². The first-order chi connectivity index (χ1) is 17.2. The molecule has 2 aromatic carbocycles. The Morgan fingerprint density at radius 2 is 1.75 bits per heavy atom. The first-order valence-corrected chi connectivity index (χ1v) is 12.4. The Morgan fingerprint density at radius 1 is 1.00 bits per heavy atom. The number of urea groups is 1. The van der Waals surface area contributed by atoms with Crippen LogP contribution in [0.15, 0.2) is 69.9 Å². The smallest absolute Gasteiger partial charge is 0.330 e. The average Bonchev–Trinajstić information content (AvgIpc) is 3.25. The fourth-order valence-corrected chi connectivity index (χ4v) is 4.71. The number of halogens is 3. The molecule has 0 bridgehead atoms. The minimum absolute atomic E-state index is 0.140. The van der Waals surface area contributed by atoms with Crippen molar-refractivity contribution >= 4 is 77.8 Å². The van der Waals surface area contributed by atoms with E-state index in [0.29, 0.717) is 19.8 Å². The van der Waals surface area contributed by atoms with Gasteiger partial charge in [0.05, 0.1) is 16.3 Å². The van der Waals surface area contributed by atoms with Crippen LogP contribution in [0.4, 0.5) is 10.5 Å². The van der Waals surface area contributed by atoms with Gasteiger partial charge in [0.15, 0.2) is 5.82 Å². The maximum atomic E-state index is 13.5. The van der Waals surface area contributed by atoms with Crippen molar-refractivity contribution in [1.82, 2.24) is 25.3 Å². The number of hydrazine groups is 1. The lowest BCUT2D eigenvalue weighted by Crippen LogP contribution is -2.46. The number of anilines is 1. The van der Waals surface area contributed by atoms with E-state index in [9.17, 15) is 14.4 Å². The standard InChI is InChI=1S/C24H19Br2ClN6O3/c1-32(2)24(36)31-30-22(34)16-10-13-6-3-4-7-15(13)19(26)20(16)29-23(35)18-11-14(25)12-33(18)21-17(27)8-5-9-28-21/h3-12H,1-2H3,(H,29,35)(H,30,34)(H,31,36). The van der Waals surface area contributed by atoms with Crippen molar-refractivity contribution < 1.29 is 14.4 Å². The summed E-state index contributed by atoms with van der Waals surface area (Å²) in [4.78, 5) is 44.0. The highest BCUT2D eigenvalue weighted by Crippen LogP contribution is 2.35. The van der Waals surface area contributed by atoms with E-state index in [1.54, 1.807) is 55.3 Å². The summed E-state index contributed by atoms with van der Waals surface area (Å²) in [5.74, 6) is -0.752. The highest BCUT2D eigenvalue weighted by molar-refractivity contribution is 9.11. The molecular formula is C24H19Br2ClN6O3. The first kappa shape index (κ1) is 25.7. The molecule has 12 heteroatoms. The number of amides is 4. The molecule has 0 unspecified atom stereocenters. The summed E-state index contributed by atoms with van der Waals surface area (Å²) in [5, 5.41) is 4.74. The lowest BCUT2D eigenvalue weighted by atomic mass is 10.0. The number of hydrogen-bond acceptors (Lipinski definition) is 4. The van der Waals surface area contributed by atoms with Crippen molar-refractivity contribution in [2.24, 2.45) is 0 Å². The van der Waals surface area contributed by atoms with Crippen LogP contribution in [-0.4, -0.2) is 46.4 Å². The Kier molecular flexibility index (Phi) is 7.62. The highest BCUT2D eigenvalue weighted by Gasteiger charge is 2.23. The normalized spacial score (nSPS) is 10.7. The molecule has 4 amide bonds. The Balaban J connectivity index is 1.76. The van der Waals surface area contributed by atoms with E-state index in [0.717, 1.165) is 10.8 Å². The first-order valence-electron chi connectivity index (χ1n) is 10.5. The molecule has 36 heavy (non-hydrogen) atoms. The summed E-state index contributed by atoms with van der Waals surface area (Å²) >= 11 is 13.3. The van der Waals surface area contributed by atoms with E-state index >= 15 is 0 Å². The van der Waals surface area contributed by atoms with E-state index in [-0.39, 0.29) is 16.9 Å². The van der Waals surface area contributed by atoms with Gasteiger partial charge in [-0.1, -0.05) is 35.9 Å². The minimum atomic E-state index is -0.615. The number of hydrogen-bond donors (Lipinski definition) is 3. The lowest BCUT2D eigenvalue weighted by molar-refractivity contribution is 0.0933. The summed E-state index contributed by atoms with van der Waals surface area (Å²) in [7, 11) is 3.09. The predicted octanol–water partition coefficient (Wildman–Crippen LogP) is 5.37. The van der Waals surface area contributed by atoms with Crippen molar-refractivity contribution in [3.63, 3.8) is 0 Å². The molecule has 0 atom stereocenters. The molecular weight excluding hydrogens is 616 g/mol. The molecule has 4 rings (SSSR count). The van der Waals surface area contributed by atoms with Gasteiger partial charge in [0, 0.05) is 35.4 Å². The molecule has 0 fully saturated rings. The largest absolute Gasteiger partial charge is 0.335 e. The Morgan fingerprint density at radius 3 is 2.47 bits per heavy atom. The van der Waals surface area contributed by atoms with Crippen molar-refractivity contribution in [1.29, 1.82) is 0 Å². The Bertz CT molecular complexity index is 1500. The number of carbonyl (C=O) groups excluding carboxylic acids is 3. The van der Waals surface area contributed by atoms with Crippen LogP contribution in [0.3, 0.4) is 0 Å². The fraction of sp³-hybridized carbons (Fsp3) is 0.0833. The summed E-state index contributed by atoms with van der Waals surface area (Å²) < 4.78 is 2.69. The van der Waals surface area contributed by atoms with Gasteiger partial charge in [-0.3, -0.25) is 19.6 Å². The molecule has 0 aliphatic heterocycles. The quantitative estimate of drug-likeness (QED) is 0.262. The van der Waals surface area contributed by atoms with Gasteiger partial charge in [0.2, 0.25) is 0 Å².